The number of halogens is 3. The van der Waals surface area contributed by atoms with Crippen LogP contribution in [-0.4, -0.2) is 37.3 Å². The highest BCUT2D eigenvalue weighted by Crippen LogP contribution is 2.28. The van der Waals surface area contributed by atoms with Gasteiger partial charge >= 0.3 is 6.18 Å². The zero-order valence-corrected chi connectivity index (χ0v) is 13.7. The second-order valence-electron chi connectivity index (χ2n) is 5.48. The van der Waals surface area contributed by atoms with Gasteiger partial charge in [-0.3, -0.25) is 19.4 Å². The van der Waals surface area contributed by atoms with Crippen molar-refractivity contribution in [1.82, 2.24) is 19.7 Å². The first-order chi connectivity index (χ1) is 12.9. The van der Waals surface area contributed by atoms with E-state index in [1.54, 1.807) is 12.1 Å². The van der Waals surface area contributed by atoms with Crippen LogP contribution in [0.2, 0.25) is 0 Å². The van der Waals surface area contributed by atoms with Gasteiger partial charge in [-0.25, -0.2) is 0 Å². The lowest BCUT2D eigenvalue weighted by Crippen LogP contribution is -2.19. The first-order valence-electron chi connectivity index (χ1n) is 7.67. The molecule has 0 aliphatic carbocycles. The van der Waals surface area contributed by atoms with Gasteiger partial charge in [0.05, 0.1) is 23.8 Å². The molecule has 0 spiro atoms. The standard InChI is InChI=1S/C17H13F3N4O3/c18-17(19,20)10-24-13(3-5-23-24)16-11(2-1-4-22-16)9-27-15-7-21-6-14(26)12(15)8-25/h1-8,26H,9-10H2. The van der Waals surface area contributed by atoms with Crippen molar-refractivity contribution >= 4 is 6.29 Å². The van der Waals surface area contributed by atoms with Gasteiger partial charge in [0.1, 0.15) is 24.5 Å². The number of carbonyl (C=O) groups is 1. The van der Waals surface area contributed by atoms with Crippen LogP contribution >= 0.6 is 0 Å². The highest BCUT2D eigenvalue weighted by Gasteiger charge is 2.30. The van der Waals surface area contributed by atoms with Crippen LogP contribution in [0.15, 0.2) is 43.0 Å². The lowest BCUT2D eigenvalue weighted by Gasteiger charge is -2.14. The van der Waals surface area contributed by atoms with Crippen molar-refractivity contribution in [3.63, 3.8) is 0 Å². The minimum Gasteiger partial charge on any atom is -0.505 e. The van der Waals surface area contributed by atoms with Crippen LogP contribution in [0.4, 0.5) is 13.2 Å². The Morgan fingerprint density at radius 1 is 1.22 bits per heavy atom. The van der Waals surface area contributed by atoms with E-state index < -0.39 is 12.7 Å². The zero-order chi connectivity index (χ0) is 19.4. The number of rotatable bonds is 6. The summed E-state index contributed by atoms with van der Waals surface area (Å²) in [5.41, 5.74) is 0.843. The average molecular weight is 378 g/mol. The summed E-state index contributed by atoms with van der Waals surface area (Å²) in [5, 5.41) is 13.3. The molecule has 0 aliphatic rings. The van der Waals surface area contributed by atoms with Crippen molar-refractivity contribution in [3.05, 3.63) is 54.1 Å². The SMILES string of the molecule is O=Cc1c(O)cncc1OCc1cccnc1-c1ccnn1CC(F)(F)F. The van der Waals surface area contributed by atoms with E-state index >= 15 is 0 Å². The third kappa shape index (κ3) is 4.22. The van der Waals surface area contributed by atoms with Crippen molar-refractivity contribution in [2.75, 3.05) is 0 Å². The van der Waals surface area contributed by atoms with E-state index in [2.05, 4.69) is 15.1 Å². The number of aromatic hydroxyl groups is 1. The van der Waals surface area contributed by atoms with E-state index in [-0.39, 0.29) is 35.1 Å². The van der Waals surface area contributed by atoms with Crippen LogP contribution in [0.25, 0.3) is 11.4 Å². The number of alkyl halides is 3. The molecule has 0 aromatic carbocycles. The summed E-state index contributed by atoms with van der Waals surface area (Å²) in [4.78, 5) is 19.0. The molecule has 0 fully saturated rings. The Morgan fingerprint density at radius 2 is 2.04 bits per heavy atom. The van der Waals surface area contributed by atoms with Crippen LogP contribution in [0.1, 0.15) is 15.9 Å². The van der Waals surface area contributed by atoms with Crippen LogP contribution in [-0.2, 0) is 13.2 Å². The second-order valence-corrected chi connectivity index (χ2v) is 5.48. The summed E-state index contributed by atoms with van der Waals surface area (Å²) >= 11 is 0. The molecular weight excluding hydrogens is 365 g/mol. The van der Waals surface area contributed by atoms with Crippen LogP contribution in [0.5, 0.6) is 11.5 Å². The largest absolute Gasteiger partial charge is 0.505 e. The molecule has 7 nitrogen and oxygen atoms in total. The van der Waals surface area contributed by atoms with Gasteiger partial charge in [0.2, 0.25) is 0 Å². The fourth-order valence-corrected chi connectivity index (χ4v) is 2.45. The normalized spacial score (nSPS) is 11.4. The summed E-state index contributed by atoms with van der Waals surface area (Å²) < 4.78 is 44.5. The molecule has 3 heterocycles. The fraction of sp³-hybridized carbons (Fsp3) is 0.176. The average Bonchev–Trinajstić information content (AvgIpc) is 3.06. The molecule has 10 heteroatoms. The second kappa shape index (κ2) is 7.44. The molecule has 0 aliphatic heterocycles. The van der Waals surface area contributed by atoms with Crippen molar-refractivity contribution < 1.29 is 27.8 Å². The molecule has 3 aromatic heterocycles. The van der Waals surface area contributed by atoms with Crippen molar-refractivity contribution in [2.24, 2.45) is 0 Å². The molecule has 0 unspecified atom stereocenters. The number of carbonyl (C=O) groups excluding carboxylic acids is 1. The number of hydrogen-bond donors (Lipinski definition) is 1. The molecule has 0 bridgehead atoms. The monoisotopic (exact) mass is 378 g/mol. The Bertz CT molecular complexity index is 957. The number of pyridine rings is 2. The Balaban J connectivity index is 1.89. The molecule has 1 N–H and O–H groups in total. The molecule has 0 saturated heterocycles. The molecule has 0 saturated carbocycles. The Labute approximate surface area is 151 Å². The first kappa shape index (κ1) is 18.4. The van der Waals surface area contributed by atoms with E-state index in [0.717, 1.165) is 10.9 Å². The van der Waals surface area contributed by atoms with Gasteiger partial charge in [-0.2, -0.15) is 18.3 Å². The number of hydrogen-bond acceptors (Lipinski definition) is 6. The van der Waals surface area contributed by atoms with E-state index in [1.807, 2.05) is 0 Å². The molecule has 0 radical (unpaired) electrons. The Hall–Kier alpha value is -3.43. The maximum atomic E-state index is 12.7. The van der Waals surface area contributed by atoms with E-state index in [0.29, 0.717) is 11.8 Å². The number of aromatic nitrogens is 4. The van der Waals surface area contributed by atoms with Crippen LogP contribution in [0, 0.1) is 0 Å². The van der Waals surface area contributed by atoms with Gasteiger partial charge < -0.3 is 9.84 Å². The van der Waals surface area contributed by atoms with Gasteiger partial charge in [0.15, 0.2) is 12.0 Å². The van der Waals surface area contributed by atoms with Crippen molar-refractivity contribution in [3.8, 4) is 22.9 Å². The molecule has 0 atom stereocenters. The number of ether oxygens (including phenoxy) is 1. The molecule has 27 heavy (non-hydrogen) atoms. The lowest BCUT2D eigenvalue weighted by atomic mass is 10.1. The van der Waals surface area contributed by atoms with E-state index in [4.69, 9.17) is 4.74 Å². The minimum atomic E-state index is -4.43. The first-order valence-corrected chi connectivity index (χ1v) is 7.67. The van der Waals surface area contributed by atoms with Crippen molar-refractivity contribution in [1.29, 1.82) is 0 Å². The quantitative estimate of drug-likeness (QED) is 0.663. The number of aldehydes is 1. The van der Waals surface area contributed by atoms with E-state index in [1.165, 1.54) is 24.7 Å². The van der Waals surface area contributed by atoms with Gasteiger partial charge in [-0.15, -0.1) is 0 Å². The molecule has 140 valence electrons. The highest BCUT2D eigenvalue weighted by atomic mass is 19.4. The highest BCUT2D eigenvalue weighted by molar-refractivity contribution is 5.82. The Kier molecular flexibility index (Phi) is 5.06. The maximum Gasteiger partial charge on any atom is 0.408 e. The summed E-state index contributed by atoms with van der Waals surface area (Å²) in [6.07, 6.45) is 1.04. The topological polar surface area (TPSA) is 90.1 Å². The maximum absolute atomic E-state index is 12.7. The summed E-state index contributed by atoms with van der Waals surface area (Å²) in [7, 11) is 0. The smallest absolute Gasteiger partial charge is 0.408 e. The molecular formula is C17H13F3N4O3. The third-order valence-corrected chi connectivity index (χ3v) is 3.61. The van der Waals surface area contributed by atoms with Gasteiger partial charge in [-0.05, 0) is 12.1 Å². The lowest BCUT2D eigenvalue weighted by molar-refractivity contribution is -0.142. The minimum absolute atomic E-state index is 0.0450. The van der Waals surface area contributed by atoms with Gasteiger partial charge in [0.25, 0.3) is 0 Å². The van der Waals surface area contributed by atoms with Crippen molar-refractivity contribution in [2.45, 2.75) is 19.3 Å². The summed E-state index contributed by atoms with van der Waals surface area (Å²) in [6, 6.07) is 4.66. The number of nitrogens with zero attached hydrogens (tertiary/aromatic N) is 4. The predicted octanol–water partition coefficient (Wildman–Crippen LogP) is 3.00. The van der Waals surface area contributed by atoms with Crippen LogP contribution in [0.3, 0.4) is 0 Å². The van der Waals surface area contributed by atoms with Gasteiger partial charge in [0, 0.05) is 18.0 Å². The third-order valence-electron chi connectivity index (χ3n) is 3.61. The summed E-state index contributed by atoms with van der Waals surface area (Å²) in [6.45, 7) is -1.36. The molecule has 3 aromatic rings. The molecule has 3 rings (SSSR count). The van der Waals surface area contributed by atoms with E-state index in [9.17, 15) is 23.1 Å². The Morgan fingerprint density at radius 3 is 2.78 bits per heavy atom. The molecule has 0 amide bonds. The van der Waals surface area contributed by atoms with Gasteiger partial charge in [-0.1, -0.05) is 6.07 Å². The fourth-order valence-electron chi connectivity index (χ4n) is 2.45. The zero-order valence-electron chi connectivity index (χ0n) is 13.7. The van der Waals surface area contributed by atoms with Crippen LogP contribution < -0.4 is 4.74 Å². The predicted molar refractivity (Wildman–Crippen MR) is 87.1 cm³/mol. The summed E-state index contributed by atoms with van der Waals surface area (Å²) in [5.74, 6) is -0.291.